The number of carbonyl (C=O) groups is 2. The number of pyridine rings is 1. The summed E-state index contributed by atoms with van der Waals surface area (Å²) >= 11 is 0. The average molecular weight is 477 g/mol. The molecule has 2 amide bonds. The fourth-order valence-corrected chi connectivity index (χ4v) is 5.25. The van der Waals surface area contributed by atoms with Gasteiger partial charge in [0.1, 0.15) is 17.4 Å². The number of benzene rings is 1. The number of hydrogen-bond donors (Lipinski definition) is 2. The third-order valence-corrected chi connectivity index (χ3v) is 6.89. The van der Waals surface area contributed by atoms with Gasteiger partial charge in [0.25, 0.3) is 5.91 Å². The van der Waals surface area contributed by atoms with Crippen LogP contribution >= 0.6 is 0 Å². The van der Waals surface area contributed by atoms with Crippen LogP contribution in [0.25, 0.3) is 5.82 Å². The molecule has 3 aromatic rings. The lowest BCUT2D eigenvalue weighted by molar-refractivity contribution is -0.113. The molecule has 0 radical (unpaired) electrons. The maximum Gasteiger partial charge on any atom is 0.257 e. The molecule has 11 heteroatoms. The Morgan fingerprint density at radius 2 is 2.09 bits per heavy atom. The number of aromatic nitrogens is 3. The van der Waals surface area contributed by atoms with Gasteiger partial charge in [0.05, 0.1) is 16.8 Å². The number of nitriles is 1. The van der Waals surface area contributed by atoms with E-state index in [1.165, 1.54) is 16.4 Å². The van der Waals surface area contributed by atoms with E-state index in [0.717, 1.165) is 24.7 Å². The second-order valence-electron chi connectivity index (χ2n) is 8.59. The lowest BCUT2D eigenvalue weighted by Gasteiger charge is -2.34. The SMILES string of the molecule is CS(=O)(=O)CC(=O)Nc1c2c(nn1-c1ccc(C#N)cn1)C[C@]1(CCc3ccccc31)NC2=O. The summed E-state index contributed by atoms with van der Waals surface area (Å²) in [6, 6.07) is 13.0. The molecule has 172 valence electrons. The van der Waals surface area contributed by atoms with Crippen molar-refractivity contribution in [2.45, 2.75) is 24.8 Å². The van der Waals surface area contributed by atoms with Crippen LogP contribution in [0, 0.1) is 11.3 Å². The highest BCUT2D eigenvalue weighted by Crippen LogP contribution is 2.43. The van der Waals surface area contributed by atoms with Crippen molar-refractivity contribution in [1.82, 2.24) is 20.1 Å². The van der Waals surface area contributed by atoms with Gasteiger partial charge in [-0.2, -0.15) is 15.0 Å². The molecule has 1 atom stereocenters. The second-order valence-corrected chi connectivity index (χ2v) is 10.7. The van der Waals surface area contributed by atoms with E-state index >= 15 is 0 Å². The topological polar surface area (TPSA) is 147 Å². The number of amides is 2. The molecule has 3 heterocycles. The van der Waals surface area contributed by atoms with Gasteiger partial charge in [0.2, 0.25) is 5.91 Å². The number of anilines is 1. The molecule has 1 spiro atoms. The minimum absolute atomic E-state index is 0.0412. The molecular formula is C23H20N6O4S. The molecule has 1 aromatic carbocycles. The summed E-state index contributed by atoms with van der Waals surface area (Å²) in [4.78, 5) is 30.1. The van der Waals surface area contributed by atoms with Crippen LogP contribution in [0.15, 0.2) is 42.6 Å². The smallest absolute Gasteiger partial charge is 0.257 e. The van der Waals surface area contributed by atoms with Gasteiger partial charge < -0.3 is 10.6 Å². The zero-order valence-corrected chi connectivity index (χ0v) is 19.0. The summed E-state index contributed by atoms with van der Waals surface area (Å²) < 4.78 is 24.6. The van der Waals surface area contributed by atoms with E-state index in [1.54, 1.807) is 12.1 Å². The highest BCUT2D eigenvalue weighted by Gasteiger charge is 2.46. The predicted octanol–water partition coefficient (Wildman–Crippen LogP) is 1.25. The summed E-state index contributed by atoms with van der Waals surface area (Å²) in [6.45, 7) is 0. The molecule has 0 fully saturated rings. The predicted molar refractivity (Wildman–Crippen MR) is 122 cm³/mol. The number of hydrogen-bond acceptors (Lipinski definition) is 7. The molecule has 2 N–H and O–H groups in total. The van der Waals surface area contributed by atoms with E-state index < -0.39 is 32.9 Å². The number of fused-ring (bicyclic) bond motifs is 3. The Labute approximate surface area is 195 Å². The fourth-order valence-electron chi connectivity index (χ4n) is 4.70. The van der Waals surface area contributed by atoms with Crippen molar-refractivity contribution in [3.05, 3.63) is 70.5 Å². The van der Waals surface area contributed by atoms with Crippen LogP contribution in [0.4, 0.5) is 5.82 Å². The van der Waals surface area contributed by atoms with Gasteiger partial charge in [-0.3, -0.25) is 9.59 Å². The van der Waals surface area contributed by atoms with E-state index in [4.69, 9.17) is 5.26 Å². The summed E-state index contributed by atoms with van der Waals surface area (Å²) in [5.41, 5.74) is 2.59. The van der Waals surface area contributed by atoms with Crippen LogP contribution in [-0.4, -0.2) is 47.0 Å². The fraction of sp³-hybridized carbons (Fsp3) is 0.261. The van der Waals surface area contributed by atoms with Crippen molar-refractivity contribution in [2.24, 2.45) is 0 Å². The van der Waals surface area contributed by atoms with E-state index in [-0.39, 0.29) is 17.2 Å². The first kappa shape index (κ1) is 21.8. The molecule has 1 aliphatic heterocycles. The monoisotopic (exact) mass is 476 g/mol. The molecule has 0 bridgehead atoms. The van der Waals surface area contributed by atoms with E-state index in [0.29, 0.717) is 17.7 Å². The first-order chi connectivity index (χ1) is 16.2. The van der Waals surface area contributed by atoms with Crippen LogP contribution in [-0.2, 0) is 33.0 Å². The Morgan fingerprint density at radius 1 is 1.29 bits per heavy atom. The number of nitrogens with one attached hydrogen (secondary N) is 2. The number of aryl methyl sites for hydroxylation is 1. The standard InChI is InChI=1S/C23H20N6O4S/c1-34(32,33)13-19(30)26-21-20-17(28-29(21)18-7-6-14(11-24)12-25-18)10-23(27-22(20)31)9-8-15-4-2-3-5-16(15)23/h2-7,12H,8-10,13H2,1H3,(H,26,30)(H,27,31)/t23-/m0/s1. The first-order valence-corrected chi connectivity index (χ1v) is 12.6. The summed E-state index contributed by atoms with van der Waals surface area (Å²) in [5, 5.41) is 19.4. The summed E-state index contributed by atoms with van der Waals surface area (Å²) in [6.07, 6.45) is 4.25. The van der Waals surface area contributed by atoms with E-state index in [2.05, 4.69) is 20.7 Å². The molecule has 1 aliphatic carbocycles. The molecule has 2 aliphatic rings. The molecule has 34 heavy (non-hydrogen) atoms. The number of sulfone groups is 1. The van der Waals surface area contributed by atoms with Crippen LogP contribution in [0.3, 0.4) is 0 Å². The quantitative estimate of drug-likeness (QED) is 0.576. The van der Waals surface area contributed by atoms with Crippen molar-refractivity contribution in [1.29, 1.82) is 5.26 Å². The van der Waals surface area contributed by atoms with Crippen molar-refractivity contribution in [3.63, 3.8) is 0 Å². The van der Waals surface area contributed by atoms with Crippen molar-refractivity contribution in [3.8, 4) is 11.9 Å². The molecule has 0 saturated heterocycles. The average Bonchev–Trinajstić information content (AvgIpc) is 3.31. The van der Waals surface area contributed by atoms with E-state index in [9.17, 15) is 18.0 Å². The van der Waals surface area contributed by atoms with E-state index in [1.807, 2.05) is 30.3 Å². The van der Waals surface area contributed by atoms with Crippen molar-refractivity contribution in [2.75, 3.05) is 17.3 Å². The minimum Gasteiger partial charge on any atom is -0.342 e. The Kier molecular flexibility index (Phi) is 4.98. The number of carbonyl (C=O) groups excluding carboxylic acids is 2. The van der Waals surface area contributed by atoms with Crippen LogP contribution in [0.1, 0.15) is 39.2 Å². The minimum atomic E-state index is -3.59. The molecule has 0 unspecified atom stereocenters. The zero-order valence-electron chi connectivity index (χ0n) is 18.2. The third kappa shape index (κ3) is 3.72. The van der Waals surface area contributed by atoms with Gasteiger partial charge >= 0.3 is 0 Å². The highest BCUT2D eigenvalue weighted by atomic mass is 32.2. The summed E-state index contributed by atoms with van der Waals surface area (Å²) in [7, 11) is -3.59. The molecular weight excluding hydrogens is 456 g/mol. The Bertz CT molecular complexity index is 1490. The first-order valence-electron chi connectivity index (χ1n) is 10.6. The summed E-state index contributed by atoms with van der Waals surface area (Å²) in [5.74, 6) is -1.63. The van der Waals surface area contributed by atoms with Crippen LogP contribution < -0.4 is 10.6 Å². The van der Waals surface area contributed by atoms with Crippen molar-refractivity contribution < 1.29 is 18.0 Å². The Hall–Kier alpha value is -4.04. The maximum atomic E-state index is 13.4. The zero-order chi connectivity index (χ0) is 24.1. The van der Waals surface area contributed by atoms with Gasteiger partial charge in [0, 0.05) is 18.9 Å². The van der Waals surface area contributed by atoms with Crippen LogP contribution in [0.2, 0.25) is 0 Å². The largest absolute Gasteiger partial charge is 0.342 e. The third-order valence-electron chi connectivity index (χ3n) is 6.11. The normalized spacial score (nSPS) is 18.6. The maximum absolute atomic E-state index is 13.4. The van der Waals surface area contributed by atoms with Gasteiger partial charge in [-0.25, -0.2) is 13.4 Å². The van der Waals surface area contributed by atoms with Gasteiger partial charge in [-0.05, 0) is 36.1 Å². The van der Waals surface area contributed by atoms with Gasteiger partial charge in [-0.15, -0.1) is 0 Å². The lowest BCUT2D eigenvalue weighted by atomic mass is 9.83. The van der Waals surface area contributed by atoms with Crippen LogP contribution in [0.5, 0.6) is 0 Å². The molecule has 5 rings (SSSR count). The molecule has 10 nitrogen and oxygen atoms in total. The van der Waals surface area contributed by atoms with Gasteiger partial charge in [0.15, 0.2) is 21.5 Å². The van der Waals surface area contributed by atoms with Crippen molar-refractivity contribution >= 4 is 27.5 Å². The molecule has 0 saturated carbocycles. The van der Waals surface area contributed by atoms with Gasteiger partial charge in [-0.1, -0.05) is 24.3 Å². The second kappa shape index (κ2) is 7.78. The number of nitrogens with zero attached hydrogens (tertiary/aromatic N) is 4. The Balaban J connectivity index is 1.62. The lowest BCUT2D eigenvalue weighted by Crippen LogP contribution is -2.49. The molecule has 2 aromatic heterocycles. The highest BCUT2D eigenvalue weighted by molar-refractivity contribution is 7.91. The Morgan fingerprint density at radius 3 is 2.79 bits per heavy atom. The number of rotatable bonds is 4.